The number of hydrogen-bond acceptors (Lipinski definition) is 5. The molecule has 2 fully saturated rings. The van der Waals surface area contributed by atoms with Crippen LogP contribution < -0.4 is 10.6 Å². The summed E-state index contributed by atoms with van der Waals surface area (Å²) in [6.45, 7) is 3.64. The number of rotatable bonds is 7. The summed E-state index contributed by atoms with van der Waals surface area (Å²) in [7, 11) is 1.62. The van der Waals surface area contributed by atoms with Crippen molar-refractivity contribution in [3.63, 3.8) is 0 Å². The van der Waals surface area contributed by atoms with Crippen LogP contribution in [0.4, 0.5) is 0 Å². The van der Waals surface area contributed by atoms with Gasteiger partial charge in [-0.05, 0) is 51.7 Å². The predicted molar refractivity (Wildman–Crippen MR) is 81.1 cm³/mol. The standard InChI is InChI=1S/C15H29N3O3/c1-21-11-12(6-10-19)17-15(20)14-3-2-9-18(14)13-4-7-16-8-5-13/h12-14,16,19H,2-11H2,1H3,(H,17,20). The quantitative estimate of drug-likeness (QED) is 0.603. The molecular formula is C15H29N3O3. The lowest BCUT2D eigenvalue weighted by Crippen LogP contribution is -2.53. The average molecular weight is 299 g/mol. The number of aliphatic hydroxyl groups excluding tert-OH is 1. The molecule has 2 unspecified atom stereocenters. The predicted octanol–water partition coefficient (Wildman–Crippen LogP) is -0.284. The van der Waals surface area contributed by atoms with Gasteiger partial charge in [0, 0.05) is 19.8 Å². The minimum absolute atomic E-state index is 0.00820. The largest absolute Gasteiger partial charge is 0.396 e. The Bertz CT molecular complexity index is 315. The average Bonchev–Trinajstić information content (AvgIpc) is 2.98. The van der Waals surface area contributed by atoms with Crippen LogP contribution in [0.5, 0.6) is 0 Å². The normalized spacial score (nSPS) is 25.9. The number of aliphatic hydroxyl groups is 1. The van der Waals surface area contributed by atoms with Gasteiger partial charge in [-0.15, -0.1) is 0 Å². The van der Waals surface area contributed by atoms with Crippen LogP contribution in [0.15, 0.2) is 0 Å². The van der Waals surface area contributed by atoms with E-state index in [4.69, 9.17) is 9.84 Å². The Hall–Kier alpha value is -0.690. The van der Waals surface area contributed by atoms with Crippen molar-refractivity contribution in [2.24, 2.45) is 0 Å². The van der Waals surface area contributed by atoms with Gasteiger partial charge in [0.25, 0.3) is 0 Å². The van der Waals surface area contributed by atoms with Crippen molar-refractivity contribution in [1.29, 1.82) is 0 Å². The molecule has 2 saturated heterocycles. The van der Waals surface area contributed by atoms with E-state index in [0.29, 0.717) is 19.1 Å². The van der Waals surface area contributed by atoms with Crippen LogP contribution in [-0.4, -0.2) is 74.0 Å². The molecule has 1 amide bonds. The molecule has 0 aromatic carbocycles. The number of methoxy groups -OCH3 is 1. The van der Waals surface area contributed by atoms with Crippen molar-refractivity contribution in [2.45, 2.75) is 50.2 Å². The number of carbonyl (C=O) groups excluding carboxylic acids is 1. The van der Waals surface area contributed by atoms with Gasteiger partial charge in [0.2, 0.25) is 5.91 Å². The summed E-state index contributed by atoms with van der Waals surface area (Å²) >= 11 is 0. The molecule has 2 aliphatic heterocycles. The van der Waals surface area contributed by atoms with E-state index in [1.165, 1.54) is 0 Å². The van der Waals surface area contributed by atoms with Crippen LogP contribution in [0, 0.1) is 0 Å². The first-order valence-electron chi connectivity index (χ1n) is 8.13. The summed E-state index contributed by atoms with van der Waals surface area (Å²) in [5.41, 5.74) is 0. The maximum atomic E-state index is 12.6. The molecule has 0 bridgehead atoms. The van der Waals surface area contributed by atoms with E-state index in [1.807, 2.05) is 0 Å². The summed E-state index contributed by atoms with van der Waals surface area (Å²) in [5.74, 6) is 0.0986. The monoisotopic (exact) mass is 299 g/mol. The maximum Gasteiger partial charge on any atom is 0.237 e. The molecule has 0 aromatic rings. The molecular weight excluding hydrogens is 270 g/mol. The minimum atomic E-state index is -0.0945. The lowest BCUT2D eigenvalue weighted by molar-refractivity contribution is -0.127. The highest BCUT2D eigenvalue weighted by molar-refractivity contribution is 5.82. The van der Waals surface area contributed by atoms with E-state index in [9.17, 15) is 4.79 Å². The fraction of sp³-hybridized carbons (Fsp3) is 0.933. The highest BCUT2D eigenvalue weighted by atomic mass is 16.5. The molecule has 0 aliphatic carbocycles. The third kappa shape index (κ3) is 4.64. The third-order valence-electron chi connectivity index (χ3n) is 4.57. The van der Waals surface area contributed by atoms with E-state index >= 15 is 0 Å². The Kier molecular flexibility index (Phi) is 6.89. The van der Waals surface area contributed by atoms with Crippen LogP contribution in [0.3, 0.4) is 0 Å². The maximum absolute atomic E-state index is 12.6. The molecule has 0 spiro atoms. The summed E-state index contributed by atoms with van der Waals surface area (Å²) in [4.78, 5) is 14.9. The number of carbonyl (C=O) groups is 1. The first-order chi connectivity index (χ1) is 10.3. The van der Waals surface area contributed by atoms with Gasteiger partial charge in [-0.3, -0.25) is 9.69 Å². The molecule has 2 rings (SSSR count). The first-order valence-corrected chi connectivity index (χ1v) is 8.13. The van der Waals surface area contributed by atoms with E-state index in [1.54, 1.807) is 7.11 Å². The smallest absolute Gasteiger partial charge is 0.237 e. The second kappa shape index (κ2) is 8.68. The van der Waals surface area contributed by atoms with Crippen LogP contribution in [-0.2, 0) is 9.53 Å². The Morgan fingerprint density at radius 1 is 1.43 bits per heavy atom. The molecule has 3 N–H and O–H groups in total. The second-order valence-electron chi connectivity index (χ2n) is 6.05. The minimum Gasteiger partial charge on any atom is -0.396 e. The van der Waals surface area contributed by atoms with Crippen molar-refractivity contribution in [1.82, 2.24) is 15.5 Å². The van der Waals surface area contributed by atoms with Gasteiger partial charge < -0.3 is 20.5 Å². The summed E-state index contributed by atoms with van der Waals surface area (Å²) < 4.78 is 5.12. The van der Waals surface area contributed by atoms with Gasteiger partial charge in [-0.2, -0.15) is 0 Å². The van der Waals surface area contributed by atoms with Gasteiger partial charge >= 0.3 is 0 Å². The summed E-state index contributed by atoms with van der Waals surface area (Å²) in [5, 5.41) is 15.5. The highest BCUT2D eigenvalue weighted by Crippen LogP contribution is 2.24. The zero-order chi connectivity index (χ0) is 15.1. The van der Waals surface area contributed by atoms with E-state index in [2.05, 4.69) is 15.5 Å². The fourth-order valence-electron chi connectivity index (χ4n) is 3.50. The van der Waals surface area contributed by atoms with Crippen molar-refractivity contribution in [2.75, 3.05) is 40.0 Å². The van der Waals surface area contributed by atoms with Crippen LogP contribution in [0.2, 0.25) is 0 Å². The van der Waals surface area contributed by atoms with Gasteiger partial charge in [0.15, 0.2) is 0 Å². The number of amides is 1. The fourth-order valence-corrected chi connectivity index (χ4v) is 3.50. The van der Waals surface area contributed by atoms with Crippen molar-refractivity contribution < 1.29 is 14.6 Å². The number of hydrogen-bond donors (Lipinski definition) is 3. The Balaban J connectivity index is 1.89. The van der Waals surface area contributed by atoms with E-state index in [-0.39, 0.29) is 24.6 Å². The summed E-state index contributed by atoms with van der Waals surface area (Å²) in [6, 6.07) is 0.428. The molecule has 21 heavy (non-hydrogen) atoms. The van der Waals surface area contributed by atoms with Gasteiger partial charge in [0.1, 0.15) is 0 Å². The number of nitrogens with one attached hydrogen (secondary N) is 2. The van der Waals surface area contributed by atoms with Crippen molar-refractivity contribution in [3.8, 4) is 0 Å². The van der Waals surface area contributed by atoms with Crippen LogP contribution in [0.25, 0.3) is 0 Å². The number of piperidine rings is 1. The van der Waals surface area contributed by atoms with Crippen LogP contribution in [0.1, 0.15) is 32.1 Å². The number of likely N-dealkylation sites (tertiary alicyclic amines) is 1. The topological polar surface area (TPSA) is 73.8 Å². The number of ether oxygens (including phenoxy) is 1. The molecule has 2 heterocycles. The Morgan fingerprint density at radius 3 is 2.86 bits per heavy atom. The van der Waals surface area contributed by atoms with Gasteiger partial charge in [-0.25, -0.2) is 0 Å². The molecule has 6 nitrogen and oxygen atoms in total. The molecule has 122 valence electrons. The second-order valence-corrected chi connectivity index (χ2v) is 6.05. The SMILES string of the molecule is COCC(CCO)NC(=O)C1CCCN1C1CCNCC1. The molecule has 0 saturated carbocycles. The molecule has 0 aromatic heterocycles. The van der Waals surface area contributed by atoms with Gasteiger partial charge in [0.05, 0.1) is 18.7 Å². The summed E-state index contributed by atoms with van der Waals surface area (Å²) in [6.07, 6.45) is 4.83. The van der Waals surface area contributed by atoms with Gasteiger partial charge in [-0.1, -0.05) is 0 Å². The zero-order valence-corrected chi connectivity index (χ0v) is 13.0. The number of nitrogens with zero attached hydrogens (tertiary/aromatic N) is 1. The molecule has 0 radical (unpaired) electrons. The van der Waals surface area contributed by atoms with Crippen molar-refractivity contribution >= 4 is 5.91 Å². The van der Waals surface area contributed by atoms with E-state index in [0.717, 1.165) is 45.3 Å². The molecule has 6 heteroatoms. The van der Waals surface area contributed by atoms with E-state index < -0.39 is 0 Å². The first kappa shape index (κ1) is 16.7. The highest BCUT2D eigenvalue weighted by Gasteiger charge is 2.36. The Labute approximate surface area is 127 Å². The lowest BCUT2D eigenvalue weighted by atomic mass is 10.0. The lowest BCUT2D eigenvalue weighted by Gasteiger charge is -2.35. The molecule has 2 atom stereocenters. The molecule has 2 aliphatic rings. The van der Waals surface area contributed by atoms with Crippen molar-refractivity contribution in [3.05, 3.63) is 0 Å². The Morgan fingerprint density at radius 2 is 2.19 bits per heavy atom. The zero-order valence-electron chi connectivity index (χ0n) is 13.0. The third-order valence-corrected chi connectivity index (χ3v) is 4.57. The van der Waals surface area contributed by atoms with Crippen LogP contribution >= 0.6 is 0 Å².